The van der Waals surface area contributed by atoms with Gasteiger partial charge in [0.2, 0.25) is 5.91 Å². The number of carbonyl (C=O) groups is 3. The van der Waals surface area contributed by atoms with E-state index in [2.05, 4.69) is 29.5 Å². The first-order valence-electron chi connectivity index (χ1n) is 12.1. The summed E-state index contributed by atoms with van der Waals surface area (Å²) in [4.78, 5) is 51.0. The van der Waals surface area contributed by atoms with Crippen LogP contribution in [0.5, 0.6) is 0 Å². The Morgan fingerprint density at radius 2 is 1.74 bits per heavy atom. The van der Waals surface area contributed by atoms with Crippen molar-refractivity contribution in [1.82, 2.24) is 15.9 Å². The lowest BCUT2D eigenvalue weighted by atomic mass is 9.82. The molecule has 2 N–H and O–H groups in total. The van der Waals surface area contributed by atoms with Gasteiger partial charge in [-0.1, -0.05) is 50.3 Å². The third kappa shape index (κ3) is 9.65. The van der Waals surface area contributed by atoms with Gasteiger partial charge in [0, 0.05) is 13.1 Å². The minimum atomic E-state index is -0.694. The second-order valence-electron chi connectivity index (χ2n) is 9.38. The van der Waals surface area contributed by atoms with Gasteiger partial charge in [0.25, 0.3) is 5.91 Å². The quantitative estimate of drug-likeness (QED) is 0.358. The second kappa shape index (κ2) is 14.5. The van der Waals surface area contributed by atoms with Crippen LogP contribution in [0.4, 0.5) is 0 Å². The normalized spacial score (nSPS) is 16.5. The van der Waals surface area contributed by atoms with Gasteiger partial charge >= 0.3 is 5.97 Å². The van der Waals surface area contributed by atoms with Crippen molar-refractivity contribution in [1.29, 1.82) is 0 Å². The lowest BCUT2D eigenvalue weighted by Crippen LogP contribution is -2.45. The Balaban J connectivity index is 1.92. The van der Waals surface area contributed by atoms with Crippen LogP contribution in [0.1, 0.15) is 51.5 Å². The van der Waals surface area contributed by atoms with E-state index in [0.717, 1.165) is 31.5 Å². The van der Waals surface area contributed by atoms with Crippen LogP contribution in [0.2, 0.25) is 0 Å². The lowest BCUT2D eigenvalue weighted by molar-refractivity contribution is -0.162. The molecule has 1 aromatic rings. The number of amides is 2. The summed E-state index contributed by atoms with van der Waals surface area (Å²) in [5, 5.41) is 0. The molecule has 8 heteroatoms. The van der Waals surface area contributed by atoms with Gasteiger partial charge in [-0.3, -0.25) is 14.4 Å². The predicted molar refractivity (Wildman–Crippen MR) is 130 cm³/mol. The molecular weight excluding hydrogens is 434 g/mol. The van der Waals surface area contributed by atoms with Crippen LogP contribution in [0.25, 0.3) is 0 Å². The molecule has 2 amide bonds. The Morgan fingerprint density at radius 1 is 1.09 bits per heavy atom. The number of likely N-dealkylation sites (tertiary alicyclic amines) is 1. The first kappa shape index (κ1) is 27.5. The van der Waals surface area contributed by atoms with Crippen LogP contribution in [-0.4, -0.2) is 48.9 Å². The molecule has 2 rings (SSSR count). The molecule has 0 radical (unpaired) electrons. The number of aryl methyl sites for hydroxylation is 1. The Morgan fingerprint density at radius 3 is 2.35 bits per heavy atom. The maximum atomic E-state index is 13.0. The molecule has 1 heterocycles. The summed E-state index contributed by atoms with van der Waals surface area (Å²) in [6, 6.07) is 9.57. The van der Waals surface area contributed by atoms with E-state index >= 15 is 0 Å². The number of piperidine rings is 1. The predicted octanol–water partition coefficient (Wildman–Crippen LogP) is 3.19. The van der Waals surface area contributed by atoms with Crippen molar-refractivity contribution < 1.29 is 24.1 Å². The highest BCUT2D eigenvalue weighted by molar-refractivity contribution is 5.87. The minimum absolute atomic E-state index is 0.0486. The summed E-state index contributed by atoms with van der Waals surface area (Å²) >= 11 is 0. The first-order valence-corrected chi connectivity index (χ1v) is 12.1. The van der Waals surface area contributed by atoms with Gasteiger partial charge in [-0.05, 0) is 50.6 Å². The molecule has 8 nitrogen and oxygen atoms in total. The van der Waals surface area contributed by atoms with E-state index in [1.54, 1.807) is 6.08 Å². The van der Waals surface area contributed by atoms with Gasteiger partial charge in [-0.25, -0.2) is 10.3 Å². The van der Waals surface area contributed by atoms with Crippen molar-refractivity contribution >= 4 is 17.8 Å². The number of hydroxylamine groups is 2. The molecule has 1 aromatic carbocycles. The number of hydrogen-bond donors (Lipinski definition) is 2. The van der Waals surface area contributed by atoms with E-state index in [0.29, 0.717) is 19.3 Å². The number of allylic oxidation sites excluding steroid dienone is 1. The molecule has 0 unspecified atom stereocenters. The molecule has 0 aromatic heterocycles. The highest BCUT2D eigenvalue weighted by Gasteiger charge is 2.35. The van der Waals surface area contributed by atoms with E-state index < -0.39 is 23.7 Å². The lowest BCUT2D eigenvalue weighted by Gasteiger charge is -2.30. The molecule has 1 aliphatic heterocycles. The van der Waals surface area contributed by atoms with Gasteiger partial charge in [0.1, 0.15) is 0 Å². The Labute approximate surface area is 203 Å². The van der Waals surface area contributed by atoms with Gasteiger partial charge in [-0.15, -0.1) is 6.58 Å². The molecule has 1 saturated heterocycles. The zero-order chi connectivity index (χ0) is 24.9. The van der Waals surface area contributed by atoms with E-state index in [4.69, 9.17) is 9.68 Å². The third-order valence-electron chi connectivity index (χ3n) is 6.02. The molecule has 2 atom stereocenters. The standard InChI is InChI=1S/C26H39N3O5/c1-5-9-22(25(31)27-33-21-14-16-29(4)17-15-21)23(18-19(2)3)26(32)28-34-24(30)13-12-20-10-7-6-8-11-20/h5-8,10-11,19,21-23H,1,9,12-18H2,2-4H3,(H,27,31)(H,28,32)/t22-,23+/m0/s1. The zero-order valence-corrected chi connectivity index (χ0v) is 20.6. The van der Waals surface area contributed by atoms with Crippen LogP contribution < -0.4 is 11.0 Å². The summed E-state index contributed by atoms with van der Waals surface area (Å²) in [6.07, 6.45) is 4.64. The average molecular weight is 474 g/mol. The Hall–Kier alpha value is -2.71. The van der Waals surface area contributed by atoms with Crippen molar-refractivity contribution in [3.8, 4) is 0 Å². The van der Waals surface area contributed by atoms with E-state index in [1.165, 1.54) is 0 Å². The Kier molecular flexibility index (Phi) is 11.8. The van der Waals surface area contributed by atoms with Crippen molar-refractivity contribution in [2.45, 2.75) is 58.5 Å². The van der Waals surface area contributed by atoms with Crippen molar-refractivity contribution in [2.24, 2.45) is 17.8 Å². The molecule has 34 heavy (non-hydrogen) atoms. The van der Waals surface area contributed by atoms with Crippen LogP contribution >= 0.6 is 0 Å². The third-order valence-corrected chi connectivity index (χ3v) is 6.02. The molecular formula is C26H39N3O5. The maximum absolute atomic E-state index is 13.0. The van der Waals surface area contributed by atoms with Crippen LogP contribution in [0, 0.1) is 17.8 Å². The minimum Gasteiger partial charge on any atom is -0.341 e. The summed E-state index contributed by atoms with van der Waals surface area (Å²) in [5.41, 5.74) is 5.86. The largest absolute Gasteiger partial charge is 0.341 e. The topological polar surface area (TPSA) is 97.0 Å². The first-order chi connectivity index (χ1) is 16.3. The highest BCUT2D eigenvalue weighted by atomic mass is 16.7. The summed E-state index contributed by atoms with van der Waals surface area (Å²) in [7, 11) is 2.05. The molecule has 1 fully saturated rings. The fourth-order valence-corrected chi connectivity index (χ4v) is 4.04. The van der Waals surface area contributed by atoms with E-state index in [9.17, 15) is 14.4 Å². The highest BCUT2D eigenvalue weighted by Crippen LogP contribution is 2.25. The van der Waals surface area contributed by atoms with Crippen LogP contribution in [-0.2, 0) is 30.5 Å². The van der Waals surface area contributed by atoms with Crippen LogP contribution in [0.3, 0.4) is 0 Å². The molecule has 0 bridgehead atoms. The second-order valence-corrected chi connectivity index (χ2v) is 9.38. The van der Waals surface area contributed by atoms with E-state index in [-0.39, 0.29) is 24.3 Å². The average Bonchev–Trinajstić information content (AvgIpc) is 2.83. The number of benzene rings is 1. The fourth-order valence-electron chi connectivity index (χ4n) is 4.04. The SMILES string of the molecule is C=CC[C@H](C(=O)NOC1CCN(C)CC1)[C@@H](CC(C)C)C(=O)NOC(=O)CCc1ccccc1. The summed E-state index contributed by atoms with van der Waals surface area (Å²) < 4.78 is 0. The number of nitrogens with zero attached hydrogens (tertiary/aromatic N) is 1. The van der Waals surface area contributed by atoms with Crippen molar-refractivity contribution in [3.63, 3.8) is 0 Å². The fraction of sp³-hybridized carbons (Fsp3) is 0.577. The van der Waals surface area contributed by atoms with Crippen molar-refractivity contribution in [2.75, 3.05) is 20.1 Å². The molecule has 0 spiro atoms. The zero-order valence-electron chi connectivity index (χ0n) is 20.6. The van der Waals surface area contributed by atoms with Gasteiger partial charge in [0.05, 0.1) is 24.4 Å². The maximum Gasteiger partial charge on any atom is 0.332 e. The summed E-state index contributed by atoms with van der Waals surface area (Å²) in [6.45, 7) is 9.51. The Bertz CT molecular complexity index is 791. The number of hydrogen-bond acceptors (Lipinski definition) is 6. The van der Waals surface area contributed by atoms with Gasteiger partial charge < -0.3 is 9.74 Å². The van der Waals surface area contributed by atoms with Gasteiger partial charge in [-0.2, -0.15) is 5.48 Å². The number of nitrogens with one attached hydrogen (secondary N) is 2. The molecule has 1 aliphatic rings. The molecule has 188 valence electrons. The van der Waals surface area contributed by atoms with Crippen LogP contribution in [0.15, 0.2) is 43.0 Å². The van der Waals surface area contributed by atoms with E-state index in [1.807, 2.05) is 44.2 Å². The smallest absolute Gasteiger partial charge is 0.332 e. The molecule has 0 aliphatic carbocycles. The number of rotatable bonds is 12. The summed E-state index contributed by atoms with van der Waals surface area (Å²) in [5.74, 6) is -2.62. The number of carbonyl (C=O) groups excluding carboxylic acids is 3. The van der Waals surface area contributed by atoms with Crippen molar-refractivity contribution in [3.05, 3.63) is 48.6 Å². The molecule has 0 saturated carbocycles. The monoisotopic (exact) mass is 473 g/mol. The van der Waals surface area contributed by atoms with Gasteiger partial charge in [0.15, 0.2) is 0 Å².